The van der Waals surface area contributed by atoms with Gasteiger partial charge in [-0.2, -0.15) is 14.9 Å². The second-order valence-corrected chi connectivity index (χ2v) is 5.93. The van der Waals surface area contributed by atoms with Crippen LogP contribution in [0.1, 0.15) is 23.9 Å². The quantitative estimate of drug-likeness (QED) is 0.503. The highest BCUT2D eigenvalue weighted by Gasteiger charge is 2.07. The Hall–Kier alpha value is -2.93. The van der Waals surface area contributed by atoms with E-state index < -0.39 is 0 Å². The summed E-state index contributed by atoms with van der Waals surface area (Å²) in [6.45, 7) is 4.80. The molecule has 0 fully saturated rings. The van der Waals surface area contributed by atoms with Gasteiger partial charge in [0.1, 0.15) is 12.4 Å². The van der Waals surface area contributed by atoms with E-state index in [4.69, 9.17) is 21.7 Å². The Labute approximate surface area is 157 Å². The smallest absolute Gasteiger partial charge is 0.216 e. The van der Waals surface area contributed by atoms with Gasteiger partial charge in [0.2, 0.25) is 4.77 Å². The predicted molar refractivity (Wildman–Crippen MR) is 104 cm³/mol. The second kappa shape index (κ2) is 8.44. The van der Waals surface area contributed by atoms with E-state index in [1.54, 1.807) is 10.9 Å². The first-order chi connectivity index (χ1) is 12.7. The third-order valence-corrected chi connectivity index (χ3v) is 3.90. The molecule has 0 saturated heterocycles. The summed E-state index contributed by atoms with van der Waals surface area (Å²) in [5, 5.41) is 11.1. The molecule has 2 aromatic carbocycles. The molecule has 3 aromatic rings. The lowest BCUT2D eigenvalue weighted by atomic mass is 10.2. The van der Waals surface area contributed by atoms with Gasteiger partial charge < -0.3 is 9.47 Å². The summed E-state index contributed by atoms with van der Waals surface area (Å²) in [5.41, 5.74) is 1.98. The summed E-state index contributed by atoms with van der Waals surface area (Å²) in [6.07, 6.45) is 1.71. The molecule has 7 heteroatoms. The molecule has 3 rings (SSSR count). The van der Waals surface area contributed by atoms with Gasteiger partial charge in [-0.25, -0.2) is 0 Å². The minimum absolute atomic E-state index is 0.451. The van der Waals surface area contributed by atoms with E-state index >= 15 is 0 Å². The molecule has 1 N–H and O–H groups in total. The molecule has 0 unspecified atom stereocenters. The van der Waals surface area contributed by atoms with E-state index in [0.717, 1.165) is 11.1 Å². The van der Waals surface area contributed by atoms with E-state index in [0.29, 0.717) is 35.3 Å². The van der Waals surface area contributed by atoms with Gasteiger partial charge in [0.25, 0.3) is 0 Å². The van der Waals surface area contributed by atoms with Crippen LogP contribution in [0.4, 0.5) is 0 Å². The minimum Gasteiger partial charge on any atom is -0.490 e. The lowest BCUT2D eigenvalue weighted by Crippen LogP contribution is -2.00. The van der Waals surface area contributed by atoms with Crippen LogP contribution in [0.25, 0.3) is 0 Å². The van der Waals surface area contributed by atoms with Gasteiger partial charge >= 0.3 is 0 Å². The van der Waals surface area contributed by atoms with Crippen LogP contribution in [0.3, 0.4) is 0 Å². The van der Waals surface area contributed by atoms with E-state index in [-0.39, 0.29) is 0 Å². The normalized spacial score (nSPS) is 11.0. The molecule has 6 nitrogen and oxygen atoms in total. The van der Waals surface area contributed by atoms with Crippen LogP contribution in [0.5, 0.6) is 11.5 Å². The summed E-state index contributed by atoms with van der Waals surface area (Å²) in [5.74, 6) is 2.07. The predicted octanol–water partition coefficient (Wildman–Crippen LogP) is 4.11. The fraction of sp³-hybridized carbons (Fsp3) is 0.211. The second-order valence-electron chi connectivity index (χ2n) is 5.55. The third-order valence-electron chi connectivity index (χ3n) is 3.64. The SMILES string of the molecule is CCOc1cc(/C=N\n2c(C)n[nH]c2=S)ccc1OCc1ccccc1. The molecule has 0 radical (unpaired) electrons. The molecule has 26 heavy (non-hydrogen) atoms. The van der Waals surface area contributed by atoms with Crippen LogP contribution in [-0.2, 0) is 6.61 Å². The van der Waals surface area contributed by atoms with Crippen molar-refractivity contribution in [3.05, 3.63) is 70.3 Å². The molecule has 1 heterocycles. The van der Waals surface area contributed by atoms with Gasteiger partial charge in [0, 0.05) is 0 Å². The number of aromatic nitrogens is 3. The van der Waals surface area contributed by atoms with Crippen LogP contribution in [-0.4, -0.2) is 27.7 Å². The molecule has 1 aromatic heterocycles. The highest BCUT2D eigenvalue weighted by atomic mass is 32.1. The molecule has 0 aliphatic heterocycles. The molecule has 0 amide bonds. The van der Waals surface area contributed by atoms with E-state index in [1.165, 1.54) is 0 Å². The Morgan fingerprint density at radius 1 is 1.15 bits per heavy atom. The summed E-state index contributed by atoms with van der Waals surface area (Å²) >= 11 is 5.14. The first kappa shape index (κ1) is 17.9. The zero-order valence-electron chi connectivity index (χ0n) is 14.7. The number of aromatic amines is 1. The molecular weight excluding hydrogens is 348 g/mol. The number of H-pyrrole nitrogens is 1. The van der Waals surface area contributed by atoms with Crippen molar-refractivity contribution in [3.63, 3.8) is 0 Å². The molecule has 0 atom stereocenters. The van der Waals surface area contributed by atoms with Crippen LogP contribution >= 0.6 is 12.2 Å². The maximum Gasteiger partial charge on any atom is 0.216 e. The first-order valence-electron chi connectivity index (χ1n) is 8.29. The number of rotatable bonds is 7. The van der Waals surface area contributed by atoms with Crippen molar-refractivity contribution in [2.75, 3.05) is 6.61 Å². The van der Waals surface area contributed by atoms with Crippen molar-refractivity contribution < 1.29 is 9.47 Å². The number of hydrogen-bond donors (Lipinski definition) is 1. The highest BCUT2D eigenvalue weighted by Crippen LogP contribution is 2.29. The zero-order valence-corrected chi connectivity index (χ0v) is 15.5. The van der Waals surface area contributed by atoms with Crippen molar-refractivity contribution in [2.24, 2.45) is 5.10 Å². The van der Waals surface area contributed by atoms with E-state index in [9.17, 15) is 0 Å². The fourth-order valence-corrected chi connectivity index (χ4v) is 2.58. The molecule has 0 spiro atoms. The van der Waals surface area contributed by atoms with Crippen molar-refractivity contribution >= 4 is 18.4 Å². The lowest BCUT2D eigenvalue weighted by molar-refractivity contribution is 0.269. The highest BCUT2D eigenvalue weighted by molar-refractivity contribution is 7.71. The molecule has 0 aliphatic carbocycles. The summed E-state index contributed by atoms with van der Waals surface area (Å²) in [4.78, 5) is 0. The number of nitrogens with one attached hydrogen (secondary N) is 1. The van der Waals surface area contributed by atoms with Gasteiger partial charge in [-0.1, -0.05) is 30.3 Å². The van der Waals surface area contributed by atoms with Crippen molar-refractivity contribution in [3.8, 4) is 11.5 Å². The van der Waals surface area contributed by atoms with Crippen molar-refractivity contribution in [2.45, 2.75) is 20.5 Å². The molecule has 0 saturated carbocycles. The van der Waals surface area contributed by atoms with Crippen LogP contribution < -0.4 is 9.47 Å². The fourth-order valence-electron chi connectivity index (χ4n) is 2.36. The lowest BCUT2D eigenvalue weighted by Gasteiger charge is -2.12. The summed E-state index contributed by atoms with van der Waals surface area (Å²) < 4.78 is 13.6. The Bertz CT molecular complexity index is 948. The zero-order chi connectivity index (χ0) is 18.4. The van der Waals surface area contributed by atoms with Gasteiger partial charge in [-0.3, -0.25) is 5.10 Å². The number of hydrogen-bond acceptors (Lipinski definition) is 5. The average molecular weight is 368 g/mol. The Kier molecular flexibility index (Phi) is 5.80. The average Bonchev–Trinajstić information content (AvgIpc) is 2.98. The number of nitrogens with zero attached hydrogens (tertiary/aromatic N) is 3. The van der Waals surface area contributed by atoms with Gasteiger partial charge in [-0.15, -0.1) is 0 Å². The van der Waals surface area contributed by atoms with E-state index in [2.05, 4.69) is 15.3 Å². The Morgan fingerprint density at radius 2 is 1.96 bits per heavy atom. The standard InChI is InChI=1S/C19H20N4O2S/c1-3-24-18-11-16(12-20-23-14(2)21-22-19(23)26)9-10-17(18)25-13-15-7-5-4-6-8-15/h4-12H,3,13H2,1-2H3,(H,22,26)/b20-12-. The van der Waals surface area contributed by atoms with Crippen molar-refractivity contribution in [1.29, 1.82) is 0 Å². The number of aryl methyl sites for hydroxylation is 1. The monoisotopic (exact) mass is 368 g/mol. The number of benzene rings is 2. The molecule has 0 aliphatic rings. The topological polar surface area (TPSA) is 64.4 Å². The van der Waals surface area contributed by atoms with Crippen LogP contribution in [0, 0.1) is 11.7 Å². The Morgan fingerprint density at radius 3 is 2.65 bits per heavy atom. The third kappa shape index (κ3) is 4.37. The molecular formula is C19H20N4O2S. The van der Waals surface area contributed by atoms with Crippen LogP contribution in [0.15, 0.2) is 53.6 Å². The molecule has 134 valence electrons. The van der Waals surface area contributed by atoms with Crippen molar-refractivity contribution in [1.82, 2.24) is 14.9 Å². The van der Waals surface area contributed by atoms with Crippen LogP contribution in [0.2, 0.25) is 0 Å². The van der Waals surface area contributed by atoms with E-state index in [1.807, 2.05) is 62.4 Å². The van der Waals surface area contributed by atoms with Gasteiger partial charge in [0.05, 0.1) is 12.8 Å². The first-order valence-corrected chi connectivity index (χ1v) is 8.70. The number of ether oxygens (including phenoxy) is 2. The molecule has 0 bridgehead atoms. The van der Waals surface area contributed by atoms with Gasteiger partial charge in [-0.05, 0) is 55.4 Å². The Balaban J connectivity index is 1.79. The van der Waals surface area contributed by atoms with Gasteiger partial charge in [0.15, 0.2) is 11.5 Å². The minimum atomic E-state index is 0.451. The maximum absolute atomic E-state index is 5.91. The summed E-state index contributed by atoms with van der Waals surface area (Å²) in [6, 6.07) is 15.7. The maximum atomic E-state index is 5.91. The summed E-state index contributed by atoms with van der Waals surface area (Å²) in [7, 11) is 0. The largest absolute Gasteiger partial charge is 0.490 e.